The Morgan fingerprint density at radius 2 is 1.75 bits per heavy atom. The van der Waals surface area contributed by atoms with Crippen LogP contribution in [0, 0.1) is 11.6 Å². The molecule has 0 spiro atoms. The van der Waals surface area contributed by atoms with Crippen LogP contribution in [0.1, 0.15) is 21.5 Å². The third kappa shape index (κ3) is 4.38. The summed E-state index contributed by atoms with van der Waals surface area (Å²) in [7, 11) is 0. The first kappa shape index (κ1) is 22.7. The Kier molecular flexibility index (Phi) is 5.88. The zero-order valence-corrected chi connectivity index (χ0v) is 15.8. The van der Waals surface area contributed by atoms with E-state index >= 15 is 0 Å². The molecule has 3 rings (SSSR count). The summed E-state index contributed by atoms with van der Waals surface area (Å²) in [6, 6.07) is 4.80. The number of benzene rings is 2. The molecule has 0 fully saturated rings. The molecule has 0 radical (unpaired) electrons. The Labute approximate surface area is 175 Å². The number of fused-ring (bicyclic) bond motifs is 1. The fourth-order valence-electron chi connectivity index (χ4n) is 3.09. The van der Waals surface area contributed by atoms with E-state index in [1.807, 2.05) is 5.32 Å². The molecular formula is C20H13F5N2O5. The molecule has 0 aliphatic heterocycles. The molecule has 0 saturated carbocycles. The van der Waals surface area contributed by atoms with E-state index in [1.165, 1.54) is 0 Å². The molecule has 3 N–H and O–H groups in total. The van der Waals surface area contributed by atoms with Gasteiger partial charge in [-0.25, -0.2) is 8.78 Å². The second kappa shape index (κ2) is 8.29. The van der Waals surface area contributed by atoms with Gasteiger partial charge in [-0.1, -0.05) is 6.07 Å². The van der Waals surface area contributed by atoms with Crippen molar-refractivity contribution < 1.29 is 41.8 Å². The van der Waals surface area contributed by atoms with Gasteiger partial charge in [0.15, 0.2) is 0 Å². The van der Waals surface area contributed by atoms with Crippen molar-refractivity contribution in [3.63, 3.8) is 0 Å². The van der Waals surface area contributed by atoms with E-state index in [1.54, 1.807) is 0 Å². The number of rotatable bonds is 5. The number of alkyl halides is 3. The minimum atomic E-state index is -4.93. The Balaban J connectivity index is 2.18. The van der Waals surface area contributed by atoms with Gasteiger partial charge in [0.2, 0.25) is 0 Å². The summed E-state index contributed by atoms with van der Waals surface area (Å²) in [5, 5.41) is 20.7. The summed E-state index contributed by atoms with van der Waals surface area (Å²) in [5.41, 5.74) is -3.75. The van der Waals surface area contributed by atoms with Gasteiger partial charge in [-0.15, -0.1) is 0 Å². The maximum atomic E-state index is 13.9. The van der Waals surface area contributed by atoms with E-state index in [9.17, 15) is 41.4 Å². The maximum Gasteiger partial charge on any atom is 0.419 e. The standard InChI is InChI=1S/C20H13F5N2O5/c21-10-2-4-14-11(6-10)17(30)16(18(31)26-7-15(28)29)19(32)27(14)8-9-1-3-12(13(22)5-9)20(23,24)25/h1-6,30H,7-8H2,(H,26,31)(H,28,29). The predicted octanol–water partition coefficient (Wildman–Crippen LogP) is 2.87. The number of carboxylic acid groups (broad SMARTS) is 1. The molecule has 32 heavy (non-hydrogen) atoms. The van der Waals surface area contributed by atoms with E-state index < -0.39 is 65.2 Å². The smallest absolute Gasteiger partial charge is 0.419 e. The quantitative estimate of drug-likeness (QED) is 0.512. The van der Waals surface area contributed by atoms with Gasteiger partial charge in [-0.2, -0.15) is 13.2 Å². The fourth-order valence-corrected chi connectivity index (χ4v) is 3.09. The van der Waals surface area contributed by atoms with Crippen LogP contribution in [0.25, 0.3) is 10.9 Å². The Bertz CT molecular complexity index is 1300. The second-order valence-corrected chi connectivity index (χ2v) is 6.66. The zero-order valence-electron chi connectivity index (χ0n) is 15.8. The number of nitrogens with zero attached hydrogens (tertiary/aromatic N) is 1. The number of carbonyl (C=O) groups excluding carboxylic acids is 1. The van der Waals surface area contributed by atoms with E-state index in [2.05, 4.69) is 0 Å². The fraction of sp³-hybridized carbons (Fsp3) is 0.150. The highest BCUT2D eigenvalue weighted by atomic mass is 19.4. The largest absolute Gasteiger partial charge is 0.506 e. The molecule has 1 heterocycles. The van der Waals surface area contributed by atoms with Gasteiger partial charge in [0, 0.05) is 5.39 Å². The van der Waals surface area contributed by atoms with Crippen LogP contribution in [0.15, 0.2) is 41.2 Å². The van der Waals surface area contributed by atoms with Gasteiger partial charge in [-0.05, 0) is 35.9 Å². The monoisotopic (exact) mass is 456 g/mol. The lowest BCUT2D eigenvalue weighted by molar-refractivity contribution is -0.140. The van der Waals surface area contributed by atoms with Crippen LogP contribution in [0.2, 0.25) is 0 Å². The lowest BCUT2D eigenvalue weighted by Crippen LogP contribution is -2.36. The third-order valence-corrected chi connectivity index (χ3v) is 4.51. The van der Waals surface area contributed by atoms with Crippen molar-refractivity contribution >= 4 is 22.8 Å². The van der Waals surface area contributed by atoms with Crippen molar-refractivity contribution in [2.45, 2.75) is 12.7 Å². The van der Waals surface area contributed by atoms with E-state index in [4.69, 9.17) is 5.11 Å². The van der Waals surface area contributed by atoms with E-state index in [0.717, 1.165) is 28.8 Å². The number of aromatic nitrogens is 1. The molecule has 3 aromatic rings. The highest BCUT2D eigenvalue weighted by molar-refractivity contribution is 6.03. The van der Waals surface area contributed by atoms with Crippen LogP contribution in [-0.2, 0) is 17.5 Å². The molecule has 0 aliphatic rings. The summed E-state index contributed by atoms with van der Waals surface area (Å²) in [5.74, 6) is -6.05. The van der Waals surface area contributed by atoms with Crippen LogP contribution < -0.4 is 10.9 Å². The molecule has 1 aromatic heterocycles. The van der Waals surface area contributed by atoms with Gasteiger partial charge in [0.25, 0.3) is 11.5 Å². The normalized spacial score (nSPS) is 11.5. The van der Waals surface area contributed by atoms with Gasteiger partial charge in [0.05, 0.1) is 17.6 Å². The SMILES string of the molecule is O=C(O)CNC(=O)c1c(O)c2cc(F)ccc2n(Cc2ccc(C(F)(F)F)c(F)c2)c1=O. The summed E-state index contributed by atoms with van der Waals surface area (Å²) >= 11 is 0. The van der Waals surface area contributed by atoms with Gasteiger partial charge in [0.1, 0.15) is 29.5 Å². The van der Waals surface area contributed by atoms with Crippen molar-refractivity contribution in [1.82, 2.24) is 9.88 Å². The molecule has 2 aromatic carbocycles. The topological polar surface area (TPSA) is 109 Å². The number of aromatic hydroxyl groups is 1. The molecule has 12 heteroatoms. The van der Waals surface area contributed by atoms with Gasteiger partial charge in [-0.3, -0.25) is 14.4 Å². The summed E-state index contributed by atoms with van der Waals surface area (Å²) in [4.78, 5) is 35.9. The molecule has 0 unspecified atom stereocenters. The Hall–Kier alpha value is -3.96. The molecule has 0 bridgehead atoms. The lowest BCUT2D eigenvalue weighted by atomic mass is 10.1. The predicted molar refractivity (Wildman–Crippen MR) is 100 cm³/mol. The highest BCUT2D eigenvalue weighted by Gasteiger charge is 2.34. The number of amides is 1. The highest BCUT2D eigenvalue weighted by Crippen LogP contribution is 2.32. The first-order valence-corrected chi connectivity index (χ1v) is 8.80. The molecule has 0 atom stereocenters. The molecule has 1 amide bonds. The first-order valence-electron chi connectivity index (χ1n) is 8.80. The van der Waals surface area contributed by atoms with Crippen molar-refractivity contribution in [2.75, 3.05) is 6.54 Å². The average Bonchev–Trinajstić information content (AvgIpc) is 2.69. The molecule has 168 valence electrons. The third-order valence-electron chi connectivity index (χ3n) is 4.51. The number of nitrogens with one attached hydrogen (secondary N) is 1. The van der Waals surface area contributed by atoms with E-state index in [0.29, 0.717) is 12.1 Å². The number of halogens is 5. The number of carbonyl (C=O) groups is 2. The van der Waals surface area contributed by atoms with Crippen molar-refractivity contribution in [2.24, 2.45) is 0 Å². The molecule has 0 aliphatic carbocycles. The lowest BCUT2D eigenvalue weighted by Gasteiger charge is -2.16. The average molecular weight is 456 g/mol. The minimum Gasteiger partial charge on any atom is -0.506 e. The molecular weight excluding hydrogens is 443 g/mol. The number of pyridine rings is 1. The first-order chi connectivity index (χ1) is 14.9. The van der Waals surface area contributed by atoms with Crippen molar-refractivity contribution in [3.05, 3.63) is 75.1 Å². The summed E-state index contributed by atoms with van der Waals surface area (Å²) < 4.78 is 66.9. The maximum absolute atomic E-state index is 13.9. The van der Waals surface area contributed by atoms with Crippen LogP contribution in [0.3, 0.4) is 0 Å². The van der Waals surface area contributed by atoms with E-state index in [-0.39, 0.29) is 16.5 Å². The zero-order chi connectivity index (χ0) is 23.8. The van der Waals surface area contributed by atoms with Gasteiger partial charge < -0.3 is 20.1 Å². The van der Waals surface area contributed by atoms with Gasteiger partial charge >= 0.3 is 12.1 Å². The Morgan fingerprint density at radius 1 is 1.06 bits per heavy atom. The summed E-state index contributed by atoms with van der Waals surface area (Å²) in [6.07, 6.45) is -4.93. The van der Waals surface area contributed by atoms with Crippen molar-refractivity contribution in [1.29, 1.82) is 0 Å². The van der Waals surface area contributed by atoms with Crippen LogP contribution >= 0.6 is 0 Å². The second-order valence-electron chi connectivity index (χ2n) is 6.66. The minimum absolute atomic E-state index is 0.0918. The number of aliphatic carboxylic acids is 1. The molecule has 7 nitrogen and oxygen atoms in total. The van der Waals surface area contributed by atoms with Crippen molar-refractivity contribution in [3.8, 4) is 5.75 Å². The number of hydrogen-bond acceptors (Lipinski definition) is 4. The summed E-state index contributed by atoms with van der Waals surface area (Å²) in [6.45, 7) is -1.42. The number of hydrogen-bond donors (Lipinski definition) is 3. The Morgan fingerprint density at radius 3 is 2.34 bits per heavy atom. The van der Waals surface area contributed by atoms with Crippen LogP contribution in [0.5, 0.6) is 5.75 Å². The molecule has 0 saturated heterocycles. The van der Waals surface area contributed by atoms with Crippen LogP contribution in [-0.4, -0.2) is 33.2 Å². The van der Waals surface area contributed by atoms with Crippen LogP contribution in [0.4, 0.5) is 22.0 Å². The number of carboxylic acids is 1.